The highest BCUT2D eigenvalue weighted by molar-refractivity contribution is 6.03. The first kappa shape index (κ1) is 19.3. The average Bonchev–Trinajstić information content (AvgIpc) is 3.44. The smallest absolute Gasteiger partial charge is 0.275 e. The van der Waals surface area contributed by atoms with Crippen molar-refractivity contribution in [2.45, 2.75) is 20.3 Å². The first-order chi connectivity index (χ1) is 14.6. The van der Waals surface area contributed by atoms with Crippen LogP contribution in [-0.4, -0.2) is 37.7 Å². The van der Waals surface area contributed by atoms with Gasteiger partial charge in [0, 0.05) is 18.8 Å². The van der Waals surface area contributed by atoms with Gasteiger partial charge < -0.3 is 14.6 Å². The van der Waals surface area contributed by atoms with E-state index in [9.17, 15) is 4.79 Å². The van der Waals surface area contributed by atoms with Crippen molar-refractivity contribution in [1.82, 2.24) is 24.7 Å². The van der Waals surface area contributed by atoms with Crippen LogP contribution in [0, 0.1) is 6.92 Å². The first-order valence-corrected chi connectivity index (χ1v) is 9.37. The molecule has 0 fully saturated rings. The summed E-state index contributed by atoms with van der Waals surface area (Å²) in [5, 5.41) is 6.77. The Balaban J connectivity index is 1.62. The van der Waals surface area contributed by atoms with Crippen molar-refractivity contribution in [3.05, 3.63) is 66.1 Å². The highest BCUT2D eigenvalue weighted by Gasteiger charge is 2.18. The first-order valence-electron chi connectivity index (χ1n) is 9.37. The summed E-state index contributed by atoms with van der Waals surface area (Å²) < 4.78 is 12.3. The Hall–Kier alpha value is -4.01. The normalized spacial score (nSPS) is 10.8. The summed E-state index contributed by atoms with van der Waals surface area (Å²) in [5.41, 5.74) is 2.46. The molecule has 1 aromatic carbocycles. The fraction of sp³-hybridized carbons (Fsp3) is 0.190. The molecule has 4 aromatic rings. The van der Waals surface area contributed by atoms with E-state index in [-0.39, 0.29) is 11.6 Å². The number of methoxy groups -OCH3 is 1. The molecule has 0 aliphatic heterocycles. The zero-order valence-electron chi connectivity index (χ0n) is 16.8. The Morgan fingerprint density at radius 2 is 2.13 bits per heavy atom. The third kappa shape index (κ3) is 3.77. The van der Waals surface area contributed by atoms with Crippen LogP contribution < -0.4 is 10.1 Å². The number of rotatable bonds is 6. The molecule has 1 amide bonds. The Labute approximate surface area is 172 Å². The highest BCUT2D eigenvalue weighted by atomic mass is 16.5. The van der Waals surface area contributed by atoms with Crippen LogP contribution >= 0.6 is 0 Å². The van der Waals surface area contributed by atoms with Crippen molar-refractivity contribution in [2.24, 2.45) is 0 Å². The third-order valence-corrected chi connectivity index (χ3v) is 4.46. The zero-order valence-corrected chi connectivity index (χ0v) is 16.8. The number of aromatic nitrogens is 5. The second-order valence-electron chi connectivity index (χ2n) is 6.57. The molecule has 0 aliphatic carbocycles. The number of ether oxygens (including phenoxy) is 1. The average molecular weight is 404 g/mol. The standard InChI is InChI=1S/C21H20N6O3/c1-4-18-25-21(30-26-18)14-6-5-9-22-19(14)27-11-16(23-12-27)20(28)24-15-10-13(2)7-8-17(15)29-3/h5-12H,4H2,1-3H3,(H,24,28). The van der Waals surface area contributed by atoms with Gasteiger partial charge in [0.15, 0.2) is 11.6 Å². The van der Waals surface area contributed by atoms with Crippen molar-refractivity contribution >= 4 is 11.6 Å². The number of imidazole rings is 1. The molecule has 152 valence electrons. The van der Waals surface area contributed by atoms with E-state index in [1.165, 1.54) is 6.33 Å². The number of amides is 1. The topological polar surface area (TPSA) is 108 Å². The minimum absolute atomic E-state index is 0.231. The Morgan fingerprint density at radius 1 is 1.27 bits per heavy atom. The molecule has 3 heterocycles. The number of hydrogen-bond donors (Lipinski definition) is 1. The van der Waals surface area contributed by atoms with Gasteiger partial charge in [-0.2, -0.15) is 4.98 Å². The summed E-state index contributed by atoms with van der Waals surface area (Å²) in [4.78, 5) is 25.7. The number of benzene rings is 1. The number of carbonyl (C=O) groups excluding carboxylic acids is 1. The number of nitrogens with zero attached hydrogens (tertiary/aromatic N) is 5. The molecule has 30 heavy (non-hydrogen) atoms. The van der Waals surface area contributed by atoms with Gasteiger partial charge in [-0.3, -0.25) is 9.36 Å². The van der Waals surface area contributed by atoms with E-state index in [0.29, 0.717) is 41.0 Å². The lowest BCUT2D eigenvalue weighted by atomic mass is 10.2. The van der Waals surface area contributed by atoms with Gasteiger partial charge in [-0.15, -0.1) is 0 Å². The molecule has 1 N–H and O–H groups in total. The van der Waals surface area contributed by atoms with Crippen LogP contribution in [0.2, 0.25) is 0 Å². The van der Waals surface area contributed by atoms with Crippen LogP contribution in [0.5, 0.6) is 5.75 Å². The molecule has 0 saturated carbocycles. The quantitative estimate of drug-likeness (QED) is 0.524. The van der Waals surface area contributed by atoms with Gasteiger partial charge in [0.05, 0.1) is 18.4 Å². The van der Waals surface area contributed by atoms with Gasteiger partial charge >= 0.3 is 0 Å². The minimum atomic E-state index is -0.360. The fourth-order valence-corrected chi connectivity index (χ4v) is 2.94. The van der Waals surface area contributed by atoms with Gasteiger partial charge in [-0.05, 0) is 36.8 Å². The van der Waals surface area contributed by atoms with Crippen molar-refractivity contribution in [3.63, 3.8) is 0 Å². The summed E-state index contributed by atoms with van der Waals surface area (Å²) in [6.45, 7) is 3.89. The third-order valence-electron chi connectivity index (χ3n) is 4.46. The molecule has 0 radical (unpaired) electrons. The van der Waals surface area contributed by atoms with E-state index in [1.54, 1.807) is 36.2 Å². The Bertz CT molecular complexity index is 1200. The van der Waals surface area contributed by atoms with Crippen molar-refractivity contribution < 1.29 is 14.1 Å². The summed E-state index contributed by atoms with van der Waals surface area (Å²) in [6, 6.07) is 9.16. The second kappa shape index (κ2) is 8.16. The van der Waals surface area contributed by atoms with E-state index in [0.717, 1.165) is 5.56 Å². The molecule has 0 saturated heterocycles. The lowest BCUT2D eigenvalue weighted by Gasteiger charge is -2.10. The molecule has 4 rings (SSSR count). The number of hydrogen-bond acceptors (Lipinski definition) is 7. The maximum atomic E-state index is 12.7. The molecule has 9 nitrogen and oxygen atoms in total. The van der Waals surface area contributed by atoms with Crippen molar-refractivity contribution in [2.75, 3.05) is 12.4 Å². The molecule has 3 aromatic heterocycles. The summed E-state index contributed by atoms with van der Waals surface area (Å²) in [7, 11) is 1.55. The monoisotopic (exact) mass is 404 g/mol. The predicted molar refractivity (Wildman–Crippen MR) is 110 cm³/mol. The number of aryl methyl sites for hydroxylation is 2. The van der Waals surface area contributed by atoms with Crippen LogP contribution in [0.4, 0.5) is 5.69 Å². The molecule has 0 atom stereocenters. The number of pyridine rings is 1. The van der Waals surface area contributed by atoms with Crippen LogP contribution in [0.1, 0.15) is 28.8 Å². The van der Waals surface area contributed by atoms with E-state index < -0.39 is 0 Å². The Kier molecular flexibility index (Phi) is 5.25. The van der Waals surface area contributed by atoms with Gasteiger partial charge in [0.25, 0.3) is 11.8 Å². The second-order valence-corrected chi connectivity index (χ2v) is 6.57. The number of anilines is 1. The van der Waals surface area contributed by atoms with Gasteiger partial charge in [-0.25, -0.2) is 9.97 Å². The SMILES string of the molecule is CCc1noc(-c2cccnc2-n2cnc(C(=O)Nc3cc(C)ccc3OC)c2)n1. The van der Waals surface area contributed by atoms with Gasteiger partial charge in [0.2, 0.25) is 0 Å². The van der Waals surface area contributed by atoms with E-state index >= 15 is 0 Å². The minimum Gasteiger partial charge on any atom is -0.495 e. The fourth-order valence-electron chi connectivity index (χ4n) is 2.94. The lowest BCUT2D eigenvalue weighted by Crippen LogP contribution is -2.13. The molecular weight excluding hydrogens is 384 g/mol. The zero-order chi connectivity index (χ0) is 21.1. The molecule has 0 unspecified atom stereocenters. The summed E-state index contributed by atoms with van der Waals surface area (Å²) in [5.74, 6) is 1.71. The van der Waals surface area contributed by atoms with E-state index in [1.807, 2.05) is 32.0 Å². The van der Waals surface area contributed by atoms with Gasteiger partial charge in [0.1, 0.15) is 17.8 Å². The van der Waals surface area contributed by atoms with Crippen LogP contribution in [0.3, 0.4) is 0 Å². The Morgan fingerprint density at radius 3 is 2.90 bits per heavy atom. The van der Waals surface area contributed by atoms with Crippen molar-refractivity contribution in [3.8, 4) is 23.0 Å². The maximum absolute atomic E-state index is 12.7. The molecular formula is C21H20N6O3. The molecule has 0 spiro atoms. The van der Waals surface area contributed by atoms with Gasteiger partial charge in [-0.1, -0.05) is 18.1 Å². The maximum Gasteiger partial charge on any atom is 0.275 e. The lowest BCUT2D eigenvalue weighted by molar-refractivity contribution is 0.102. The van der Waals surface area contributed by atoms with Crippen LogP contribution in [0.15, 0.2) is 53.6 Å². The van der Waals surface area contributed by atoms with Crippen LogP contribution in [0.25, 0.3) is 17.3 Å². The van der Waals surface area contributed by atoms with E-state index in [2.05, 4.69) is 25.4 Å². The number of carbonyl (C=O) groups is 1. The van der Waals surface area contributed by atoms with E-state index in [4.69, 9.17) is 9.26 Å². The largest absolute Gasteiger partial charge is 0.495 e. The molecule has 0 bridgehead atoms. The van der Waals surface area contributed by atoms with Crippen molar-refractivity contribution in [1.29, 1.82) is 0 Å². The molecule has 9 heteroatoms. The summed E-state index contributed by atoms with van der Waals surface area (Å²) >= 11 is 0. The predicted octanol–water partition coefficient (Wildman–Crippen LogP) is 3.45. The highest BCUT2D eigenvalue weighted by Crippen LogP contribution is 2.26. The number of nitrogens with one attached hydrogen (secondary N) is 1. The molecule has 0 aliphatic rings. The van der Waals surface area contributed by atoms with Crippen LogP contribution in [-0.2, 0) is 6.42 Å². The summed E-state index contributed by atoms with van der Waals surface area (Å²) in [6.07, 6.45) is 5.43.